The van der Waals surface area contributed by atoms with Gasteiger partial charge in [0.15, 0.2) is 0 Å². The molecule has 0 spiro atoms. The quantitative estimate of drug-likeness (QED) is 0.939. The van der Waals surface area contributed by atoms with Crippen LogP contribution >= 0.6 is 11.6 Å². The first-order valence-corrected chi connectivity index (χ1v) is 8.36. The minimum Gasteiger partial charge on any atom is -0.352 e. The Labute approximate surface area is 139 Å². The lowest BCUT2D eigenvalue weighted by Gasteiger charge is -2.29. The van der Waals surface area contributed by atoms with Crippen LogP contribution in [-0.4, -0.2) is 21.5 Å². The van der Waals surface area contributed by atoms with Gasteiger partial charge < -0.3 is 5.32 Å². The highest BCUT2D eigenvalue weighted by atomic mass is 35.5. The van der Waals surface area contributed by atoms with Crippen molar-refractivity contribution in [1.82, 2.24) is 14.9 Å². The normalized spacial score (nSPS) is 21.3. The number of nitrogens with zero attached hydrogens (tertiary/aromatic N) is 2. The van der Waals surface area contributed by atoms with E-state index in [0.29, 0.717) is 21.8 Å². The van der Waals surface area contributed by atoms with Crippen molar-refractivity contribution in [2.75, 3.05) is 0 Å². The summed E-state index contributed by atoms with van der Waals surface area (Å²) in [4.78, 5) is 28.9. The number of halogens is 1. The largest absolute Gasteiger partial charge is 0.352 e. The molecule has 1 amide bonds. The zero-order chi connectivity index (χ0) is 16.4. The number of benzene rings is 1. The third-order valence-corrected chi connectivity index (χ3v) is 4.79. The van der Waals surface area contributed by atoms with Gasteiger partial charge in [-0.15, -0.1) is 0 Å². The van der Waals surface area contributed by atoms with Gasteiger partial charge in [-0.05, 0) is 37.0 Å². The summed E-state index contributed by atoms with van der Waals surface area (Å²) in [5, 5.41) is 3.96. The maximum atomic E-state index is 12.5. The number of fused-ring (bicyclic) bond motifs is 1. The number of carbonyl (C=O) groups excluding carboxylic acids is 1. The average Bonchev–Trinajstić information content (AvgIpc) is 2.53. The fourth-order valence-electron chi connectivity index (χ4n) is 3.18. The summed E-state index contributed by atoms with van der Waals surface area (Å²) in [7, 11) is 0. The molecule has 1 saturated carbocycles. The van der Waals surface area contributed by atoms with Crippen molar-refractivity contribution in [3.8, 4) is 0 Å². The average molecular weight is 334 g/mol. The van der Waals surface area contributed by atoms with Crippen molar-refractivity contribution in [2.24, 2.45) is 5.92 Å². The lowest BCUT2D eigenvalue weighted by atomic mass is 9.86. The van der Waals surface area contributed by atoms with E-state index in [2.05, 4.69) is 17.2 Å². The Bertz CT molecular complexity index is 787. The predicted octanol–water partition coefficient (Wildman–Crippen LogP) is 2.74. The molecule has 5 nitrogen and oxygen atoms in total. The number of hydrogen-bond donors (Lipinski definition) is 1. The highest BCUT2D eigenvalue weighted by Crippen LogP contribution is 2.23. The molecule has 1 N–H and O–H groups in total. The second kappa shape index (κ2) is 6.71. The Morgan fingerprint density at radius 3 is 2.96 bits per heavy atom. The molecule has 6 heteroatoms. The molecule has 2 unspecified atom stereocenters. The van der Waals surface area contributed by atoms with Gasteiger partial charge in [0.05, 0.1) is 17.2 Å². The first kappa shape index (κ1) is 16.0. The van der Waals surface area contributed by atoms with Crippen LogP contribution in [0.15, 0.2) is 29.3 Å². The number of aromatic nitrogens is 2. The molecule has 1 aromatic heterocycles. The second-order valence-corrected chi connectivity index (χ2v) is 6.71. The van der Waals surface area contributed by atoms with Crippen molar-refractivity contribution in [3.05, 3.63) is 39.9 Å². The Hall–Kier alpha value is -1.88. The molecule has 0 radical (unpaired) electrons. The molecule has 2 atom stereocenters. The maximum Gasteiger partial charge on any atom is 0.261 e. The molecule has 1 aliphatic rings. The summed E-state index contributed by atoms with van der Waals surface area (Å²) in [6.07, 6.45) is 5.93. The van der Waals surface area contributed by atoms with Crippen LogP contribution < -0.4 is 10.9 Å². The number of nitrogens with one attached hydrogen (secondary N) is 1. The van der Waals surface area contributed by atoms with Crippen molar-refractivity contribution in [3.63, 3.8) is 0 Å². The van der Waals surface area contributed by atoms with Crippen LogP contribution in [0.3, 0.4) is 0 Å². The van der Waals surface area contributed by atoms with E-state index in [1.165, 1.54) is 17.3 Å². The van der Waals surface area contributed by atoms with Crippen LogP contribution in [0.5, 0.6) is 0 Å². The van der Waals surface area contributed by atoms with Crippen LogP contribution in [0.25, 0.3) is 10.9 Å². The standard InChI is InChI=1S/C17H20ClN3O2/c1-11-4-2-3-5-14(11)20-16(22)9-21-10-19-15-7-6-12(18)8-13(15)17(21)23/h6-8,10-11,14H,2-5,9H2,1H3,(H,20,22). The van der Waals surface area contributed by atoms with Gasteiger partial charge >= 0.3 is 0 Å². The van der Waals surface area contributed by atoms with E-state index in [1.54, 1.807) is 18.2 Å². The topological polar surface area (TPSA) is 64.0 Å². The van der Waals surface area contributed by atoms with Crippen LogP contribution in [0.1, 0.15) is 32.6 Å². The fraction of sp³-hybridized carbons (Fsp3) is 0.471. The fourth-order valence-corrected chi connectivity index (χ4v) is 3.35. The van der Waals surface area contributed by atoms with Gasteiger partial charge in [0.25, 0.3) is 5.56 Å². The summed E-state index contributed by atoms with van der Waals surface area (Å²) in [5.41, 5.74) is 0.335. The minimum absolute atomic E-state index is 0.0164. The molecule has 0 aliphatic heterocycles. The molecule has 3 rings (SSSR count). The lowest BCUT2D eigenvalue weighted by molar-refractivity contribution is -0.123. The van der Waals surface area contributed by atoms with Crippen LogP contribution in [-0.2, 0) is 11.3 Å². The molecule has 1 aromatic carbocycles. The molecule has 1 aliphatic carbocycles. The predicted molar refractivity (Wildman–Crippen MR) is 90.6 cm³/mol. The third-order valence-electron chi connectivity index (χ3n) is 4.56. The molecular formula is C17H20ClN3O2. The summed E-state index contributed by atoms with van der Waals surface area (Å²) >= 11 is 5.94. The summed E-state index contributed by atoms with van der Waals surface area (Å²) in [6, 6.07) is 5.18. The van der Waals surface area contributed by atoms with Crippen LogP contribution in [0.2, 0.25) is 5.02 Å². The molecule has 0 saturated heterocycles. The van der Waals surface area contributed by atoms with Crippen molar-refractivity contribution in [1.29, 1.82) is 0 Å². The second-order valence-electron chi connectivity index (χ2n) is 6.27. The van der Waals surface area contributed by atoms with Gasteiger partial charge in [-0.25, -0.2) is 4.98 Å². The number of hydrogen-bond acceptors (Lipinski definition) is 3. The van der Waals surface area contributed by atoms with E-state index in [1.807, 2.05) is 0 Å². The summed E-state index contributed by atoms with van der Waals surface area (Å²) in [6.45, 7) is 2.15. The highest BCUT2D eigenvalue weighted by Gasteiger charge is 2.23. The highest BCUT2D eigenvalue weighted by molar-refractivity contribution is 6.31. The van der Waals surface area contributed by atoms with Gasteiger partial charge in [-0.1, -0.05) is 31.4 Å². The summed E-state index contributed by atoms with van der Waals surface area (Å²) in [5.74, 6) is 0.340. The van der Waals surface area contributed by atoms with E-state index >= 15 is 0 Å². The molecule has 122 valence electrons. The van der Waals surface area contributed by atoms with E-state index < -0.39 is 0 Å². The Kier molecular flexibility index (Phi) is 4.66. The Morgan fingerprint density at radius 2 is 2.17 bits per heavy atom. The monoisotopic (exact) mass is 333 g/mol. The van der Waals surface area contributed by atoms with E-state index in [9.17, 15) is 9.59 Å². The van der Waals surface area contributed by atoms with Gasteiger partial charge in [0.1, 0.15) is 6.54 Å². The van der Waals surface area contributed by atoms with Crippen molar-refractivity contribution in [2.45, 2.75) is 45.2 Å². The zero-order valence-electron chi connectivity index (χ0n) is 13.1. The van der Waals surface area contributed by atoms with E-state index in [4.69, 9.17) is 11.6 Å². The molecule has 23 heavy (non-hydrogen) atoms. The SMILES string of the molecule is CC1CCCCC1NC(=O)Cn1cnc2ccc(Cl)cc2c1=O. The van der Waals surface area contributed by atoms with Crippen LogP contribution in [0, 0.1) is 5.92 Å². The van der Waals surface area contributed by atoms with Gasteiger partial charge in [0, 0.05) is 11.1 Å². The minimum atomic E-state index is -0.246. The zero-order valence-corrected chi connectivity index (χ0v) is 13.8. The first-order chi connectivity index (χ1) is 11.0. The smallest absolute Gasteiger partial charge is 0.261 e. The van der Waals surface area contributed by atoms with E-state index in [0.717, 1.165) is 19.3 Å². The molecule has 2 aromatic rings. The lowest BCUT2D eigenvalue weighted by Crippen LogP contribution is -2.43. The molecule has 0 bridgehead atoms. The molecular weight excluding hydrogens is 314 g/mol. The van der Waals surface area contributed by atoms with Gasteiger partial charge in [0.2, 0.25) is 5.91 Å². The van der Waals surface area contributed by atoms with E-state index in [-0.39, 0.29) is 24.1 Å². The van der Waals surface area contributed by atoms with Crippen molar-refractivity contribution >= 4 is 28.4 Å². The first-order valence-electron chi connectivity index (χ1n) is 7.98. The molecule has 1 heterocycles. The molecule has 1 fully saturated rings. The number of rotatable bonds is 3. The Balaban J connectivity index is 1.77. The maximum absolute atomic E-state index is 12.5. The number of carbonyl (C=O) groups is 1. The third kappa shape index (κ3) is 3.55. The van der Waals surface area contributed by atoms with Crippen molar-refractivity contribution < 1.29 is 4.79 Å². The van der Waals surface area contributed by atoms with Crippen LogP contribution in [0.4, 0.5) is 0 Å². The number of amides is 1. The van der Waals surface area contributed by atoms with Gasteiger partial charge in [-0.2, -0.15) is 0 Å². The Morgan fingerprint density at radius 1 is 1.39 bits per heavy atom. The summed E-state index contributed by atoms with van der Waals surface area (Å²) < 4.78 is 1.33. The van der Waals surface area contributed by atoms with Gasteiger partial charge in [-0.3, -0.25) is 14.2 Å².